The molecule has 1 N–H and O–H groups in total. The molecule has 6 nitrogen and oxygen atoms in total. The molecule has 18 heavy (non-hydrogen) atoms. The lowest BCUT2D eigenvalue weighted by atomic mass is 10.5. The highest BCUT2D eigenvalue weighted by Gasteiger charge is 2.26. The molecule has 0 saturated heterocycles. The molecule has 0 fully saturated rings. The summed E-state index contributed by atoms with van der Waals surface area (Å²) in [5, 5.41) is 8.68. The lowest BCUT2D eigenvalue weighted by molar-refractivity contribution is -0.137. The van der Waals surface area contributed by atoms with Crippen LogP contribution in [0.2, 0.25) is 0 Å². The van der Waals surface area contributed by atoms with Crippen molar-refractivity contribution in [3.8, 4) is 0 Å². The van der Waals surface area contributed by atoms with E-state index in [-0.39, 0.29) is 11.4 Å². The second-order valence-electron chi connectivity index (χ2n) is 3.57. The number of nitrogens with zero attached hydrogens (tertiary/aromatic N) is 2. The van der Waals surface area contributed by atoms with Crippen LogP contribution in [0.25, 0.3) is 0 Å². The molecule has 8 heteroatoms. The van der Waals surface area contributed by atoms with Gasteiger partial charge in [0.2, 0.25) is 10.0 Å². The van der Waals surface area contributed by atoms with Crippen LogP contribution in [0.5, 0.6) is 0 Å². The van der Waals surface area contributed by atoms with Crippen LogP contribution in [0.15, 0.2) is 23.4 Å². The van der Waals surface area contributed by atoms with Gasteiger partial charge in [-0.25, -0.2) is 12.8 Å². The van der Waals surface area contributed by atoms with Crippen LogP contribution in [0, 0.1) is 5.82 Å². The van der Waals surface area contributed by atoms with E-state index in [0.29, 0.717) is 6.42 Å². The molecule has 0 bridgehead atoms. The molecule has 0 radical (unpaired) electrons. The molecule has 1 rings (SSSR count). The summed E-state index contributed by atoms with van der Waals surface area (Å²) in [6.07, 6.45) is 2.32. The number of rotatable bonds is 6. The number of aliphatic carboxylic acids is 1. The summed E-state index contributed by atoms with van der Waals surface area (Å²) >= 11 is 0. The SMILES string of the molecule is CCCN(CC(=O)O)S(=O)(=O)c1cncc(F)c1. The third-order valence-electron chi connectivity index (χ3n) is 2.10. The number of halogens is 1. The Morgan fingerprint density at radius 2 is 2.17 bits per heavy atom. The minimum Gasteiger partial charge on any atom is -0.480 e. The largest absolute Gasteiger partial charge is 0.480 e. The van der Waals surface area contributed by atoms with Crippen molar-refractivity contribution in [3.05, 3.63) is 24.3 Å². The van der Waals surface area contributed by atoms with Crippen LogP contribution in [0.1, 0.15) is 13.3 Å². The third-order valence-corrected chi connectivity index (χ3v) is 3.91. The molecule has 0 amide bonds. The smallest absolute Gasteiger partial charge is 0.318 e. The molecule has 0 aliphatic heterocycles. The molecule has 1 aromatic heterocycles. The third kappa shape index (κ3) is 3.47. The minimum absolute atomic E-state index is 0.0468. The first-order valence-corrected chi connectivity index (χ1v) is 6.64. The summed E-state index contributed by atoms with van der Waals surface area (Å²) in [5.41, 5.74) is 0. The van der Waals surface area contributed by atoms with E-state index >= 15 is 0 Å². The highest BCUT2D eigenvalue weighted by molar-refractivity contribution is 7.89. The lowest BCUT2D eigenvalue weighted by Crippen LogP contribution is -2.36. The number of sulfonamides is 1. The summed E-state index contributed by atoms with van der Waals surface area (Å²) in [7, 11) is -4.03. The van der Waals surface area contributed by atoms with Crippen molar-refractivity contribution in [1.82, 2.24) is 9.29 Å². The number of hydrogen-bond acceptors (Lipinski definition) is 4. The molecule has 0 saturated carbocycles. The highest BCUT2D eigenvalue weighted by Crippen LogP contribution is 2.15. The van der Waals surface area contributed by atoms with Crippen molar-refractivity contribution < 1.29 is 22.7 Å². The normalized spacial score (nSPS) is 11.7. The summed E-state index contributed by atoms with van der Waals surface area (Å²) in [4.78, 5) is 13.7. The Labute approximate surface area is 104 Å². The number of carboxylic acids is 1. The van der Waals surface area contributed by atoms with Gasteiger partial charge in [-0.15, -0.1) is 0 Å². The van der Waals surface area contributed by atoms with Gasteiger partial charge < -0.3 is 5.11 Å². The Morgan fingerprint density at radius 3 is 2.67 bits per heavy atom. The molecule has 0 aliphatic rings. The summed E-state index contributed by atoms with van der Waals surface area (Å²) in [5.74, 6) is -2.06. The van der Waals surface area contributed by atoms with Gasteiger partial charge in [-0.1, -0.05) is 6.92 Å². The van der Waals surface area contributed by atoms with Crippen molar-refractivity contribution in [2.75, 3.05) is 13.1 Å². The molecule has 0 aliphatic carbocycles. The molecule has 0 aromatic carbocycles. The van der Waals surface area contributed by atoms with Crippen LogP contribution in [-0.2, 0) is 14.8 Å². The minimum atomic E-state index is -4.03. The van der Waals surface area contributed by atoms with Gasteiger partial charge in [0.1, 0.15) is 17.3 Å². The number of hydrogen-bond donors (Lipinski definition) is 1. The molecule has 1 heterocycles. The van der Waals surface area contributed by atoms with E-state index in [1.807, 2.05) is 0 Å². The Bertz CT molecular complexity index is 532. The van der Waals surface area contributed by atoms with E-state index in [1.54, 1.807) is 6.92 Å². The van der Waals surface area contributed by atoms with E-state index in [9.17, 15) is 17.6 Å². The zero-order chi connectivity index (χ0) is 13.8. The van der Waals surface area contributed by atoms with Crippen molar-refractivity contribution in [3.63, 3.8) is 0 Å². The first kappa shape index (κ1) is 14.5. The second kappa shape index (κ2) is 5.87. The summed E-state index contributed by atoms with van der Waals surface area (Å²) < 4.78 is 37.9. The topological polar surface area (TPSA) is 87.6 Å². The van der Waals surface area contributed by atoms with Gasteiger partial charge in [0, 0.05) is 12.7 Å². The number of carboxylic acid groups (broad SMARTS) is 1. The fourth-order valence-electron chi connectivity index (χ4n) is 1.37. The average molecular weight is 276 g/mol. The molecule has 1 aromatic rings. The highest BCUT2D eigenvalue weighted by atomic mass is 32.2. The molecule has 0 spiro atoms. The van der Waals surface area contributed by atoms with Crippen LogP contribution in [0.4, 0.5) is 4.39 Å². The van der Waals surface area contributed by atoms with Gasteiger partial charge in [0.25, 0.3) is 0 Å². The van der Waals surface area contributed by atoms with Gasteiger partial charge >= 0.3 is 5.97 Å². The van der Waals surface area contributed by atoms with Crippen LogP contribution >= 0.6 is 0 Å². The van der Waals surface area contributed by atoms with Gasteiger partial charge in [-0.2, -0.15) is 4.31 Å². The standard InChI is InChI=1S/C10H13FN2O4S/c1-2-3-13(7-10(14)15)18(16,17)9-4-8(11)5-12-6-9/h4-6H,2-3,7H2,1H3,(H,14,15). The van der Waals surface area contributed by atoms with Gasteiger partial charge in [0.15, 0.2) is 0 Å². The number of carbonyl (C=O) groups is 1. The van der Waals surface area contributed by atoms with Gasteiger partial charge in [-0.3, -0.25) is 9.78 Å². The van der Waals surface area contributed by atoms with Crippen molar-refractivity contribution in [2.24, 2.45) is 0 Å². The van der Waals surface area contributed by atoms with Crippen molar-refractivity contribution in [2.45, 2.75) is 18.2 Å². The Balaban J connectivity index is 3.12. The Hall–Kier alpha value is -1.54. The quantitative estimate of drug-likeness (QED) is 0.826. The van der Waals surface area contributed by atoms with E-state index in [0.717, 1.165) is 22.8 Å². The zero-order valence-electron chi connectivity index (χ0n) is 9.71. The summed E-state index contributed by atoms with van der Waals surface area (Å²) in [6.45, 7) is 1.10. The van der Waals surface area contributed by atoms with Crippen molar-refractivity contribution in [1.29, 1.82) is 0 Å². The lowest BCUT2D eigenvalue weighted by Gasteiger charge is -2.19. The van der Waals surface area contributed by atoms with E-state index in [4.69, 9.17) is 5.11 Å². The van der Waals surface area contributed by atoms with E-state index < -0.39 is 28.4 Å². The monoisotopic (exact) mass is 276 g/mol. The maximum absolute atomic E-state index is 12.9. The molecular formula is C10H13FN2O4S. The van der Waals surface area contributed by atoms with Crippen LogP contribution in [0.3, 0.4) is 0 Å². The van der Waals surface area contributed by atoms with Gasteiger partial charge in [-0.05, 0) is 12.5 Å². The Kier molecular flexibility index (Phi) is 4.74. The average Bonchev–Trinajstić information content (AvgIpc) is 2.28. The predicted octanol–water partition coefficient (Wildman–Crippen LogP) is 0.706. The predicted molar refractivity (Wildman–Crippen MR) is 60.9 cm³/mol. The maximum atomic E-state index is 12.9. The Morgan fingerprint density at radius 1 is 1.50 bits per heavy atom. The van der Waals surface area contributed by atoms with E-state index in [1.165, 1.54) is 0 Å². The van der Waals surface area contributed by atoms with Gasteiger partial charge in [0.05, 0.1) is 6.20 Å². The maximum Gasteiger partial charge on any atom is 0.318 e. The second-order valence-corrected chi connectivity index (χ2v) is 5.51. The molecule has 100 valence electrons. The zero-order valence-corrected chi connectivity index (χ0v) is 10.5. The first-order chi connectivity index (χ1) is 8.37. The van der Waals surface area contributed by atoms with Crippen LogP contribution < -0.4 is 0 Å². The van der Waals surface area contributed by atoms with E-state index in [2.05, 4.69) is 4.98 Å². The fraction of sp³-hybridized carbons (Fsp3) is 0.400. The summed E-state index contributed by atoms with van der Waals surface area (Å²) in [6, 6.07) is 0.812. The van der Waals surface area contributed by atoms with Crippen LogP contribution in [-0.4, -0.2) is 41.9 Å². The molecule has 0 atom stereocenters. The molecule has 0 unspecified atom stereocenters. The van der Waals surface area contributed by atoms with Crippen molar-refractivity contribution >= 4 is 16.0 Å². The molecular weight excluding hydrogens is 263 g/mol. The number of aromatic nitrogens is 1. The fourth-order valence-corrected chi connectivity index (χ4v) is 2.82. The number of pyridine rings is 1. The first-order valence-electron chi connectivity index (χ1n) is 5.20.